The molecule has 15 heavy (non-hydrogen) atoms. The fourth-order valence-electron chi connectivity index (χ4n) is 1.14. The minimum absolute atomic E-state index is 0.153. The second-order valence-electron chi connectivity index (χ2n) is 3.10. The van der Waals surface area contributed by atoms with E-state index in [1.807, 2.05) is 13.8 Å². The van der Waals surface area contributed by atoms with E-state index in [-0.39, 0.29) is 11.9 Å². The molecule has 0 spiro atoms. The van der Waals surface area contributed by atoms with Gasteiger partial charge in [-0.3, -0.25) is 4.79 Å². The van der Waals surface area contributed by atoms with Crippen LogP contribution < -0.4 is 5.32 Å². The lowest BCUT2D eigenvalue weighted by Gasteiger charge is -2.10. The van der Waals surface area contributed by atoms with Crippen molar-refractivity contribution in [3.8, 4) is 11.8 Å². The first-order valence-electron chi connectivity index (χ1n) is 4.66. The Labute approximate surface area is 89.1 Å². The highest BCUT2D eigenvalue weighted by molar-refractivity contribution is 5.93. The van der Waals surface area contributed by atoms with Crippen molar-refractivity contribution in [1.29, 1.82) is 0 Å². The summed E-state index contributed by atoms with van der Waals surface area (Å²) in [6.45, 7) is 5.29. The van der Waals surface area contributed by atoms with Crippen LogP contribution in [0.25, 0.3) is 0 Å². The molecule has 4 heteroatoms. The fraction of sp³-hybridized carbons (Fsp3) is 0.364. The maximum Gasteiger partial charge on any atom is 0.296 e. The van der Waals surface area contributed by atoms with E-state index < -0.39 is 0 Å². The Morgan fingerprint density at radius 3 is 2.93 bits per heavy atom. The first-order chi connectivity index (χ1) is 7.13. The molecule has 1 heterocycles. The minimum atomic E-state index is -0.290. The molecular formula is C11H13N3O. The third kappa shape index (κ3) is 3.39. The number of nitrogens with one attached hydrogen (secondary N) is 1. The smallest absolute Gasteiger partial charge is 0.296 e. The van der Waals surface area contributed by atoms with Crippen molar-refractivity contribution in [3.05, 3.63) is 23.8 Å². The van der Waals surface area contributed by atoms with E-state index in [0.29, 0.717) is 5.82 Å². The number of nitrogens with zero attached hydrogens (tertiary/aromatic N) is 2. The first-order valence-corrected chi connectivity index (χ1v) is 4.66. The molecule has 0 aromatic carbocycles. The Kier molecular flexibility index (Phi) is 3.81. The van der Waals surface area contributed by atoms with Crippen LogP contribution in [0.3, 0.4) is 0 Å². The minimum Gasteiger partial charge on any atom is -0.337 e. The predicted molar refractivity (Wildman–Crippen MR) is 56.8 cm³/mol. The fourth-order valence-corrected chi connectivity index (χ4v) is 1.14. The van der Waals surface area contributed by atoms with E-state index >= 15 is 0 Å². The SMILES string of the molecule is CC#CC(=O)NC(C)c1ccnc(C)n1. The normalized spacial score (nSPS) is 11.1. The summed E-state index contributed by atoms with van der Waals surface area (Å²) in [6.07, 6.45) is 1.67. The number of carbonyl (C=O) groups is 1. The Morgan fingerprint density at radius 1 is 1.60 bits per heavy atom. The van der Waals surface area contributed by atoms with Gasteiger partial charge in [0.2, 0.25) is 0 Å². The van der Waals surface area contributed by atoms with Gasteiger partial charge in [-0.15, -0.1) is 0 Å². The molecule has 0 radical (unpaired) electrons. The topological polar surface area (TPSA) is 54.9 Å². The molecule has 0 fully saturated rings. The van der Waals surface area contributed by atoms with Gasteiger partial charge in [0.25, 0.3) is 5.91 Å². The zero-order valence-electron chi connectivity index (χ0n) is 9.03. The molecule has 1 aromatic heterocycles. The summed E-state index contributed by atoms with van der Waals surface area (Å²) in [5.74, 6) is 5.36. The van der Waals surface area contributed by atoms with Crippen molar-refractivity contribution < 1.29 is 4.79 Å². The van der Waals surface area contributed by atoms with Crippen LogP contribution in [0.2, 0.25) is 0 Å². The molecule has 78 valence electrons. The van der Waals surface area contributed by atoms with Crippen LogP contribution in [0.1, 0.15) is 31.4 Å². The molecule has 4 nitrogen and oxygen atoms in total. The summed E-state index contributed by atoms with van der Waals surface area (Å²) in [4.78, 5) is 19.4. The Bertz CT molecular complexity index is 417. The Hall–Kier alpha value is -1.89. The average Bonchev–Trinajstić information content (AvgIpc) is 2.18. The van der Waals surface area contributed by atoms with Crippen LogP contribution in [0.15, 0.2) is 12.3 Å². The summed E-state index contributed by atoms with van der Waals surface area (Å²) in [6, 6.07) is 1.62. The third-order valence-corrected chi connectivity index (χ3v) is 1.83. The van der Waals surface area contributed by atoms with Crippen molar-refractivity contribution >= 4 is 5.91 Å². The van der Waals surface area contributed by atoms with Gasteiger partial charge in [0, 0.05) is 6.20 Å². The second kappa shape index (κ2) is 5.11. The standard InChI is InChI=1S/C11H13N3O/c1-4-5-11(15)13-8(2)10-6-7-12-9(3)14-10/h6-8H,1-3H3,(H,13,15). The number of hydrogen-bond donors (Lipinski definition) is 1. The van der Waals surface area contributed by atoms with Gasteiger partial charge in [0.15, 0.2) is 0 Å². The highest BCUT2D eigenvalue weighted by atomic mass is 16.1. The summed E-state index contributed by atoms with van der Waals surface area (Å²) in [5.41, 5.74) is 0.786. The molecule has 0 aliphatic rings. The van der Waals surface area contributed by atoms with Gasteiger partial charge in [0.1, 0.15) is 5.82 Å². The molecule has 0 saturated carbocycles. The number of aryl methyl sites for hydroxylation is 1. The molecule has 0 saturated heterocycles. The van der Waals surface area contributed by atoms with Crippen molar-refractivity contribution in [2.24, 2.45) is 0 Å². The lowest BCUT2D eigenvalue weighted by Crippen LogP contribution is -2.25. The van der Waals surface area contributed by atoms with Crippen molar-refractivity contribution in [2.75, 3.05) is 0 Å². The van der Waals surface area contributed by atoms with Crippen molar-refractivity contribution in [3.63, 3.8) is 0 Å². The van der Waals surface area contributed by atoms with Gasteiger partial charge in [-0.2, -0.15) is 0 Å². The number of rotatable bonds is 2. The predicted octanol–water partition coefficient (Wildman–Crippen LogP) is 0.986. The van der Waals surface area contributed by atoms with Crippen LogP contribution in [0.4, 0.5) is 0 Å². The summed E-state index contributed by atoms with van der Waals surface area (Å²) in [7, 11) is 0. The van der Waals surface area contributed by atoms with E-state index in [2.05, 4.69) is 27.1 Å². The molecular weight excluding hydrogens is 190 g/mol. The number of carbonyl (C=O) groups excluding carboxylic acids is 1. The maximum absolute atomic E-state index is 11.2. The molecule has 0 bridgehead atoms. The van der Waals surface area contributed by atoms with Crippen molar-refractivity contribution in [1.82, 2.24) is 15.3 Å². The lowest BCUT2D eigenvalue weighted by atomic mass is 10.2. The summed E-state index contributed by atoms with van der Waals surface area (Å²) in [5, 5.41) is 2.72. The molecule has 1 atom stereocenters. The number of aromatic nitrogens is 2. The molecule has 1 aromatic rings. The third-order valence-electron chi connectivity index (χ3n) is 1.83. The summed E-state index contributed by atoms with van der Waals surface area (Å²) < 4.78 is 0. The molecule has 1 amide bonds. The van der Waals surface area contributed by atoms with Gasteiger partial charge in [-0.05, 0) is 32.8 Å². The highest BCUT2D eigenvalue weighted by Gasteiger charge is 2.08. The van der Waals surface area contributed by atoms with E-state index in [0.717, 1.165) is 5.69 Å². The molecule has 0 aliphatic carbocycles. The van der Waals surface area contributed by atoms with Crippen LogP contribution in [0, 0.1) is 18.8 Å². The lowest BCUT2D eigenvalue weighted by molar-refractivity contribution is -0.116. The number of amides is 1. The van der Waals surface area contributed by atoms with Crippen LogP contribution in [0.5, 0.6) is 0 Å². The molecule has 0 aliphatic heterocycles. The van der Waals surface area contributed by atoms with Crippen LogP contribution >= 0.6 is 0 Å². The molecule has 1 N–H and O–H groups in total. The maximum atomic E-state index is 11.2. The van der Waals surface area contributed by atoms with E-state index in [9.17, 15) is 4.79 Å². The van der Waals surface area contributed by atoms with Crippen LogP contribution in [-0.4, -0.2) is 15.9 Å². The first kappa shape index (κ1) is 11.2. The Balaban J connectivity index is 2.71. The van der Waals surface area contributed by atoms with E-state index in [1.54, 1.807) is 19.2 Å². The van der Waals surface area contributed by atoms with Gasteiger partial charge in [-0.25, -0.2) is 9.97 Å². The largest absolute Gasteiger partial charge is 0.337 e. The Morgan fingerprint density at radius 2 is 2.33 bits per heavy atom. The van der Waals surface area contributed by atoms with E-state index in [1.165, 1.54) is 0 Å². The van der Waals surface area contributed by atoms with Gasteiger partial charge in [-0.1, -0.05) is 5.92 Å². The summed E-state index contributed by atoms with van der Waals surface area (Å²) >= 11 is 0. The highest BCUT2D eigenvalue weighted by Crippen LogP contribution is 2.07. The quantitative estimate of drug-likeness (QED) is 0.729. The zero-order valence-corrected chi connectivity index (χ0v) is 9.03. The molecule has 1 unspecified atom stereocenters. The van der Waals surface area contributed by atoms with E-state index in [4.69, 9.17) is 0 Å². The second-order valence-corrected chi connectivity index (χ2v) is 3.10. The number of hydrogen-bond acceptors (Lipinski definition) is 3. The van der Waals surface area contributed by atoms with Gasteiger partial charge < -0.3 is 5.32 Å². The van der Waals surface area contributed by atoms with Crippen molar-refractivity contribution in [2.45, 2.75) is 26.8 Å². The van der Waals surface area contributed by atoms with Crippen LogP contribution in [-0.2, 0) is 4.79 Å². The zero-order chi connectivity index (χ0) is 11.3. The molecule has 1 rings (SSSR count). The monoisotopic (exact) mass is 203 g/mol. The average molecular weight is 203 g/mol. The van der Waals surface area contributed by atoms with Gasteiger partial charge in [0.05, 0.1) is 11.7 Å². The van der Waals surface area contributed by atoms with Gasteiger partial charge >= 0.3 is 0 Å².